The van der Waals surface area contributed by atoms with Crippen LogP contribution in [-0.2, 0) is 28.5 Å². The largest absolute Gasteiger partial charge is 0.465 e. The molecule has 2 fully saturated rings. The highest BCUT2D eigenvalue weighted by Gasteiger charge is 2.55. The third-order valence-corrected chi connectivity index (χ3v) is 4.50. The van der Waals surface area contributed by atoms with Crippen LogP contribution in [-0.4, -0.2) is 73.0 Å². The summed E-state index contributed by atoms with van der Waals surface area (Å²) in [6.45, 7) is 5.41. The van der Waals surface area contributed by atoms with Crippen molar-refractivity contribution in [2.24, 2.45) is 5.92 Å². The number of hydrogen-bond acceptors (Lipinski definition) is 8. The Labute approximate surface area is 135 Å². The molecule has 0 aromatic carbocycles. The summed E-state index contributed by atoms with van der Waals surface area (Å²) in [6.07, 6.45) is -3.58. The highest BCUT2D eigenvalue weighted by atomic mass is 16.8. The average Bonchev–Trinajstić information content (AvgIpc) is 2.88. The van der Waals surface area contributed by atoms with Crippen LogP contribution in [0, 0.1) is 5.92 Å². The topological polar surface area (TPSA) is 104 Å². The molecule has 8 nitrogen and oxygen atoms in total. The van der Waals surface area contributed by atoms with Crippen molar-refractivity contribution in [3.8, 4) is 0 Å². The van der Waals surface area contributed by atoms with Gasteiger partial charge in [0.15, 0.2) is 5.79 Å². The number of ether oxygens (including phenoxy) is 5. The smallest absolute Gasteiger partial charge is 0.366 e. The highest BCUT2D eigenvalue weighted by molar-refractivity contribution is 5.78. The van der Waals surface area contributed by atoms with Gasteiger partial charge in [0, 0.05) is 19.4 Å². The maximum Gasteiger partial charge on any atom is 0.366 e. The number of esters is 1. The van der Waals surface area contributed by atoms with E-state index in [-0.39, 0.29) is 13.0 Å². The number of hydrogen-bond donors (Lipinski definition) is 2. The zero-order valence-electron chi connectivity index (χ0n) is 14.1. The van der Waals surface area contributed by atoms with Crippen molar-refractivity contribution in [2.75, 3.05) is 20.8 Å². The first kappa shape index (κ1) is 18.6. The second-order valence-corrected chi connectivity index (χ2v) is 6.52. The predicted molar refractivity (Wildman–Crippen MR) is 77.3 cm³/mol. The molecule has 2 saturated heterocycles. The lowest BCUT2D eigenvalue weighted by atomic mass is 9.84. The number of methoxy groups -OCH3 is 2. The van der Waals surface area contributed by atoms with Crippen molar-refractivity contribution in [3.63, 3.8) is 0 Å². The van der Waals surface area contributed by atoms with E-state index < -0.39 is 47.9 Å². The highest BCUT2D eigenvalue weighted by Crippen LogP contribution is 2.38. The molecule has 0 radical (unpaired) electrons. The van der Waals surface area contributed by atoms with Gasteiger partial charge in [-0.15, -0.1) is 0 Å². The number of aliphatic hydroxyl groups is 2. The van der Waals surface area contributed by atoms with Gasteiger partial charge in [0.25, 0.3) is 5.79 Å². The molecule has 0 amide bonds. The fraction of sp³-hybridized carbons (Fsp3) is 0.933. The van der Waals surface area contributed by atoms with E-state index in [4.69, 9.17) is 23.7 Å². The first-order chi connectivity index (χ1) is 10.7. The van der Waals surface area contributed by atoms with Crippen molar-refractivity contribution in [3.05, 3.63) is 0 Å². The molecule has 2 aliphatic rings. The Bertz CT molecular complexity index is 439. The van der Waals surface area contributed by atoms with Crippen LogP contribution in [0.4, 0.5) is 0 Å². The lowest BCUT2D eigenvalue weighted by molar-refractivity contribution is -0.312. The molecule has 2 rings (SSSR count). The third-order valence-electron chi connectivity index (χ3n) is 4.50. The molecule has 0 bridgehead atoms. The maximum absolute atomic E-state index is 12.0. The monoisotopic (exact) mass is 334 g/mol. The van der Waals surface area contributed by atoms with Gasteiger partial charge in [-0.05, 0) is 13.8 Å². The normalized spacial score (nSPS) is 41.5. The van der Waals surface area contributed by atoms with Gasteiger partial charge < -0.3 is 33.9 Å². The Kier molecular flexibility index (Phi) is 5.34. The van der Waals surface area contributed by atoms with Gasteiger partial charge in [-0.3, -0.25) is 0 Å². The van der Waals surface area contributed by atoms with E-state index in [1.807, 2.05) is 0 Å². The third kappa shape index (κ3) is 3.52. The number of rotatable bonds is 4. The standard InChI is InChI=1S/C15H26O8/c1-8-9(16)6-15(20-5,13(18)19-4)23-12(8)11(17)10-7-21-14(2,3)22-10/h8-12,16-17H,6-7H2,1-5H3/t8-,9+,10-,11-,12?,15?/m1/s1. The van der Waals surface area contributed by atoms with Crippen LogP contribution in [0.2, 0.25) is 0 Å². The van der Waals surface area contributed by atoms with Gasteiger partial charge in [0.2, 0.25) is 0 Å². The molecule has 2 N–H and O–H groups in total. The molecule has 0 spiro atoms. The van der Waals surface area contributed by atoms with Crippen molar-refractivity contribution >= 4 is 5.97 Å². The van der Waals surface area contributed by atoms with Crippen LogP contribution in [0.25, 0.3) is 0 Å². The van der Waals surface area contributed by atoms with Crippen LogP contribution in [0.1, 0.15) is 27.2 Å². The van der Waals surface area contributed by atoms with E-state index in [1.54, 1.807) is 20.8 Å². The van der Waals surface area contributed by atoms with Crippen molar-refractivity contribution in [1.29, 1.82) is 0 Å². The first-order valence-corrected chi connectivity index (χ1v) is 7.65. The van der Waals surface area contributed by atoms with Gasteiger partial charge >= 0.3 is 5.97 Å². The van der Waals surface area contributed by atoms with Gasteiger partial charge in [-0.25, -0.2) is 4.79 Å². The van der Waals surface area contributed by atoms with Gasteiger partial charge in [-0.1, -0.05) is 6.92 Å². The van der Waals surface area contributed by atoms with E-state index >= 15 is 0 Å². The molecule has 2 aliphatic heterocycles. The zero-order chi connectivity index (χ0) is 17.4. The SMILES string of the molecule is COC(=O)C1(OC)C[C@H](O)[C@@H](C)C([C@H](O)[C@H]2COC(C)(C)O2)O1. The zero-order valence-corrected chi connectivity index (χ0v) is 14.1. The van der Waals surface area contributed by atoms with E-state index in [0.29, 0.717) is 0 Å². The molecule has 0 saturated carbocycles. The molecule has 8 heteroatoms. The second-order valence-electron chi connectivity index (χ2n) is 6.52. The molecule has 134 valence electrons. The minimum Gasteiger partial charge on any atom is -0.465 e. The van der Waals surface area contributed by atoms with Crippen LogP contribution in [0.5, 0.6) is 0 Å². The average molecular weight is 334 g/mol. The van der Waals surface area contributed by atoms with E-state index in [9.17, 15) is 15.0 Å². The van der Waals surface area contributed by atoms with Crippen LogP contribution in [0.15, 0.2) is 0 Å². The van der Waals surface area contributed by atoms with Crippen molar-refractivity contribution in [1.82, 2.24) is 0 Å². The van der Waals surface area contributed by atoms with Gasteiger partial charge in [-0.2, -0.15) is 0 Å². The Hall–Kier alpha value is -0.770. The molecule has 23 heavy (non-hydrogen) atoms. The first-order valence-electron chi connectivity index (χ1n) is 7.65. The molecule has 0 aromatic rings. The molecular formula is C15H26O8. The maximum atomic E-state index is 12.0. The molecular weight excluding hydrogens is 308 g/mol. The summed E-state index contributed by atoms with van der Waals surface area (Å²) in [5.74, 6) is -3.73. The summed E-state index contributed by atoms with van der Waals surface area (Å²) >= 11 is 0. The van der Waals surface area contributed by atoms with Crippen LogP contribution >= 0.6 is 0 Å². The second kappa shape index (κ2) is 6.62. The Morgan fingerprint density at radius 3 is 2.43 bits per heavy atom. The fourth-order valence-corrected chi connectivity index (χ4v) is 3.03. The predicted octanol–water partition coefficient (Wildman–Crippen LogP) is -0.200. The Balaban J connectivity index is 2.20. The summed E-state index contributed by atoms with van der Waals surface area (Å²) in [7, 11) is 2.50. The quantitative estimate of drug-likeness (QED) is 0.681. The van der Waals surface area contributed by atoms with Crippen LogP contribution < -0.4 is 0 Å². The summed E-state index contributed by atoms with van der Waals surface area (Å²) in [5.41, 5.74) is 0. The number of carbonyl (C=O) groups is 1. The van der Waals surface area contributed by atoms with Crippen molar-refractivity contribution < 1.29 is 38.7 Å². The molecule has 6 atom stereocenters. The molecule has 2 heterocycles. The van der Waals surface area contributed by atoms with Crippen molar-refractivity contribution in [2.45, 2.75) is 63.2 Å². The summed E-state index contributed by atoms with van der Waals surface area (Å²) in [6, 6.07) is 0. The number of aliphatic hydroxyl groups excluding tert-OH is 2. The molecule has 0 aromatic heterocycles. The number of carbonyl (C=O) groups excluding carboxylic acids is 1. The lowest BCUT2D eigenvalue weighted by Crippen LogP contribution is -2.61. The van der Waals surface area contributed by atoms with Crippen LogP contribution in [0.3, 0.4) is 0 Å². The van der Waals surface area contributed by atoms with Gasteiger partial charge in [0.05, 0.1) is 25.9 Å². The van der Waals surface area contributed by atoms with Gasteiger partial charge in [0.1, 0.15) is 12.2 Å². The fourth-order valence-electron chi connectivity index (χ4n) is 3.03. The lowest BCUT2D eigenvalue weighted by Gasteiger charge is -2.45. The molecule has 2 unspecified atom stereocenters. The van der Waals surface area contributed by atoms with E-state index in [2.05, 4.69) is 0 Å². The summed E-state index contributed by atoms with van der Waals surface area (Å²) in [5, 5.41) is 20.9. The minimum absolute atomic E-state index is 0.0753. The Morgan fingerprint density at radius 1 is 1.30 bits per heavy atom. The van der Waals surface area contributed by atoms with E-state index in [0.717, 1.165) is 0 Å². The minimum atomic E-state index is -1.75. The Morgan fingerprint density at radius 2 is 1.96 bits per heavy atom. The summed E-state index contributed by atoms with van der Waals surface area (Å²) in [4.78, 5) is 12.0. The summed E-state index contributed by atoms with van der Waals surface area (Å²) < 4.78 is 26.8. The molecule has 0 aliphatic carbocycles. The van der Waals surface area contributed by atoms with E-state index in [1.165, 1.54) is 14.2 Å².